The summed E-state index contributed by atoms with van der Waals surface area (Å²) in [5, 5.41) is 2.26. The highest BCUT2D eigenvalue weighted by Crippen LogP contribution is 2.33. The third-order valence-corrected chi connectivity index (χ3v) is 3.91. The Kier molecular flexibility index (Phi) is 5.59. The fraction of sp³-hybridized carbons (Fsp3) is 0.417. The maximum absolute atomic E-state index is 12.8. The highest BCUT2D eigenvalue weighted by atomic mass is 32.2. The zero-order valence-corrected chi connectivity index (χ0v) is 12.0. The molecule has 21 heavy (non-hydrogen) atoms. The zero-order chi connectivity index (χ0) is 16.1. The highest BCUT2D eigenvalue weighted by Gasteiger charge is 2.37. The van der Waals surface area contributed by atoms with Crippen molar-refractivity contribution in [1.82, 2.24) is 10.0 Å². The molecule has 0 saturated heterocycles. The van der Waals surface area contributed by atoms with Crippen LogP contribution < -0.4 is 10.0 Å². The zero-order valence-electron chi connectivity index (χ0n) is 11.2. The molecule has 0 spiro atoms. The molecule has 0 aromatic heterocycles. The monoisotopic (exact) mass is 324 g/mol. The van der Waals surface area contributed by atoms with E-state index in [1.165, 1.54) is 0 Å². The van der Waals surface area contributed by atoms with Crippen molar-refractivity contribution < 1.29 is 26.4 Å². The van der Waals surface area contributed by atoms with Crippen LogP contribution in [0.5, 0.6) is 0 Å². The van der Waals surface area contributed by atoms with E-state index in [0.29, 0.717) is 12.5 Å². The lowest BCUT2D eigenvalue weighted by molar-refractivity contribution is -0.139. The maximum atomic E-state index is 12.8. The Morgan fingerprint density at radius 1 is 1.24 bits per heavy atom. The van der Waals surface area contributed by atoms with E-state index in [4.69, 9.17) is 0 Å². The number of amides is 2. The summed E-state index contributed by atoms with van der Waals surface area (Å²) in [4.78, 5) is 10.4. The molecule has 118 valence electrons. The lowest BCUT2D eigenvalue weighted by Gasteiger charge is -2.13. The first kappa shape index (κ1) is 17.3. The number of alkyl halides is 3. The van der Waals surface area contributed by atoms with Crippen LogP contribution in [0.15, 0.2) is 29.2 Å². The summed E-state index contributed by atoms with van der Waals surface area (Å²) >= 11 is 0. The average molecular weight is 324 g/mol. The van der Waals surface area contributed by atoms with Crippen LogP contribution >= 0.6 is 0 Å². The van der Waals surface area contributed by atoms with Crippen LogP contribution in [0.1, 0.15) is 25.3 Å². The van der Waals surface area contributed by atoms with Gasteiger partial charge in [-0.1, -0.05) is 25.5 Å². The Morgan fingerprint density at radius 2 is 1.86 bits per heavy atom. The largest absolute Gasteiger partial charge is 0.417 e. The van der Waals surface area contributed by atoms with Crippen molar-refractivity contribution in [3.05, 3.63) is 29.8 Å². The molecule has 0 aliphatic heterocycles. The van der Waals surface area contributed by atoms with Gasteiger partial charge in [-0.05, 0) is 18.6 Å². The van der Waals surface area contributed by atoms with Crippen LogP contribution in [-0.4, -0.2) is 21.0 Å². The summed E-state index contributed by atoms with van der Waals surface area (Å²) < 4.78 is 63.6. The van der Waals surface area contributed by atoms with Crippen molar-refractivity contribution in [3.63, 3.8) is 0 Å². The maximum Gasteiger partial charge on any atom is 0.417 e. The lowest BCUT2D eigenvalue weighted by Crippen LogP contribution is -2.40. The molecule has 9 heteroatoms. The molecule has 2 amide bonds. The third-order valence-electron chi connectivity index (χ3n) is 2.52. The van der Waals surface area contributed by atoms with E-state index in [1.54, 1.807) is 4.72 Å². The van der Waals surface area contributed by atoms with E-state index in [0.717, 1.165) is 24.6 Å². The van der Waals surface area contributed by atoms with Gasteiger partial charge >= 0.3 is 12.2 Å². The minimum absolute atomic E-state index is 0.235. The molecule has 0 heterocycles. The number of rotatable bonds is 5. The first-order valence-corrected chi connectivity index (χ1v) is 7.63. The van der Waals surface area contributed by atoms with Gasteiger partial charge in [0.05, 0.1) is 10.5 Å². The fourth-order valence-corrected chi connectivity index (χ4v) is 2.68. The Hall–Kier alpha value is -1.77. The van der Waals surface area contributed by atoms with Crippen LogP contribution in [0.4, 0.5) is 18.0 Å². The molecular formula is C12H15F3N2O3S. The van der Waals surface area contributed by atoms with E-state index in [2.05, 4.69) is 5.32 Å². The quantitative estimate of drug-likeness (QED) is 0.817. The van der Waals surface area contributed by atoms with Crippen molar-refractivity contribution in [3.8, 4) is 0 Å². The van der Waals surface area contributed by atoms with Gasteiger partial charge < -0.3 is 5.32 Å². The molecule has 0 atom stereocenters. The van der Waals surface area contributed by atoms with Crippen LogP contribution in [0.25, 0.3) is 0 Å². The van der Waals surface area contributed by atoms with Crippen LogP contribution in [0, 0.1) is 0 Å². The molecule has 0 aliphatic carbocycles. The molecule has 2 N–H and O–H groups in total. The molecular weight excluding hydrogens is 309 g/mol. The number of carbonyl (C=O) groups excluding carboxylic acids is 1. The summed E-state index contributed by atoms with van der Waals surface area (Å²) in [6, 6.07) is 2.61. The van der Waals surface area contributed by atoms with Gasteiger partial charge in [0, 0.05) is 6.54 Å². The van der Waals surface area contributed by atoms with Crippen LogP contribution in [0.2, 0.25) is 0 Å². The fourth-order valence-electron chi connectivity index (χ4n) is 1.53. The van der Waals surface area contributed by atoms with Crippen molar-refractivity contribution in [2.24, 2.45) is 0 Å². The van der Waals surface area contributed by atoms with E-state index in [9.17, 15) is 26.4 Å². The van der Waals surface area contributed by atoms with Gasteiger partial charge in [0.2, 0.25) is 0 Å². The first-order chi connectivity index (χ1) is 9.68. The number of carbonyl (C=O) groups is 1. The van der Waals surface area contributed by atoms with Gasteiger partial charge in [-0.25, -0.2) is 17.9 Å². The Bertz CT molecular complexity index is 600. The minimum atomic E-state index is -4.83. The van der Waals surface area contributed by atoms with Crippen LogP contribution in [-0.2, 0) is 16.2 Å². The molecule has 0 bridgehead atoms. The van der Waals surface area contributed by atoms with E-state index in [1.807, 2.05) is 6.92 Å². The smallest absolute Gasteiger partial charge is 0.337 e. The summed E-state index contributed by atoms with van der Waals surface area (Å²) in [6.45, 7) is 2.11. The summed E-state index contributed by atoms with van der Waals surface area (Å²) in [6.07, 6.45) is -3.42. The van der Waals surface area contributed by atoms with Gasteiger partial charge in [-0.3, -0.25) is 0 Å². The molecule has 1 aromatic carbocycles. The highest BCUT2D eigenvalue weighted by molar-refractivity contribution is 7.90. The number of unbranched alkanes of at least 4 members (excludes halogenated alkanes) is 1. The van der Waals surface area contributed by atoms with Gasteiger partial charge in [-0.15, -0.1) is 0 Å². The van der Waals surface area contributed by atoms with Gasteiger partial charge in [-0.2, -0.15) is 13.2 Å². The standard InChI is InChI=1S/C12H15F3N2O3S/c1-2-3-8-16-11(18)17-21(19,20)10-7-5-4-6-9(10)12(13,14)15/h4-7H,2-3,8H2,1H3,(H2,16,17,18). The third kappa shape index (κ3) is 4.92. The summed E-state index contributed by atoms with van der Waals surface area (Å²) in [5.74, 6) is 0. The topological polar surface area (TPSA) is 75.3 Å². The second-order valence-corrected chi connectivity index (χ2v) is 5.86. The predicted octanol–water partition coefficient (Wildman–Crippen LogP) is 2.49. The van der Waals surface area contributed by atoms with Gasteiger partial charge in [0.15, 0.2) is 0 Å². The molecule has 5 nitrogen and oxygen atoms in total. The second-order valence-electron chi connectivity index (χ2n) is 4.21. The number of hydrogen-bond acceptors (Lipinski definition) is 3. The molecule has 0 fully saturated rings. The minimum Gasteiger partial charge on any atom is -0.337 e. The average Bonchev–Trinajstić information content (AvgIpc) is 2.37. The predicted molar refractivity (Wildman–Crippen MR) is 70.1 cm³/mol. The van der Waals surface area contributed by atoms with Crippen molar-refractivity contribution >= 4 is 16.1 Å². The van der Waals surface area contributed by atoms with E-state index in [-0.39, 0.29) is 6.54 Å². The number of nitrogens with one attached hydrogen (secondary N) is 2. The summed E-state index contributed by atoms with van der Waals surface area (Å²) in [7, 11) is -4.59. The Balaban J connectivity index is 2.97. The second kappa shape index (κ2) is 6.79. The normalized spacial score (nSPS) is 12.0. The molecule has 0 aliphatic rings. The van der Waals surface area contributed by atoms with Gasteiger partial charge in [0.1, 0.15) is 0 Å². The van der Waals surface area contributed by atoms with Crippen molar-refractivity contribution in [1.29, 1.82) is 0 Å². The molecule has 0 radical (unpaired) electrons. The number of benzene rings is 1. The number of halogens is 3. The SMILES string of the molecule is CCCCNC(=O)NS(=O)(=O)c1ccccc1C(F)(F)F. The Morgan fingerprint density at radius 3 is 2.43 bits per heavy atom. The Labute approximate surface area is 120 Å². The number of hydrogen-bond donors (Lipinski definition) is 2. The van der Waals surface area contributed by atoms with Gasteiger partial charge in [0.25, 0.3) is 10.0 Å². The van der Waals surface area contributed by atoms with E-state index < -0.39 is 32.7 Å². The number of urea groups is 1. The first-order valence-electron chi connectivity index (χ1n) is 6.15. The lowest BCUT2D eigenvalue weighted by atomic mass is 10.2. The molecule has 0 saturated carbocycles. The molecule has 1 aromatic rings. The molecule has 1 rings (SSSR count). The van der Waals surface area contributed by atoms with Crippen LogP contribution in [0.3, 0.4) is 0 Å². The van der Waals surface area contributed by atoms with Crippen molar-refractivity contribution in [2.75, 3.05) is 6.54 Å². The van der Waals surface area contributed by atoms with E-state index >= 15 is 0 Å². The number of sulfonamides is 1. The van der Waals surface area contributed by atoms with Crippen molar-refractivity contribution in [2.45, 2.75) is 30.8 Å². The molecule has 0 unspecified atom stereocenters. The summed E-state index contributed by atoms with van der Waals surface area (Å²) in [5.41, 5.74) is -1.32.